The third-order valence-corrected chi connectivity index (χ3v) is 0. The molecule has 5 heteroatoms. The molecule has 0 aliphatic carbocycles. The molecule has 0 spiro atoms. The Balaban J connectivity index is -0.00000000667. The van der Waals surface area contributed by atoms with Crippen LogP contribution in [0.15, 0.2) is 5.34 Å². The molecule has 23 valence electrons. The molecule has 0 rings (SSSR count). The predicted octanol–water partition coefficient (Wildman–Crippen LogP) is -3.12. The monoisotopic (exact) mass is 66.0 g/mol. The smallest absolute Gasteiger partial charge is 1.00 e. The van der Waals surface area contributed by atoms with Crippen LogP contribution < -0.4 is 18.9 Å². The summed E-state index contributed by atoms with van der Waals surface area (Å²) in [4.78, 5) is 8.11. The van der Waals surface area contributed by atoms with Crippen molar-refractivity contribution in [3.05, 3.63) is 4.91 Å². The van der Waals surface area contributed by atoms with Crippen LogP contribution >= 0.6 is 0 Å². The van der Waals surface area contributed by atoms with Gasteiger partial charge in [0.05, 0.1) is 0 Å². The van der Waals surface area contributed by atoms with Gasteiger partial charge in [0.15, 0.2) is 5.34 Å². The molecule has 0 heterocycles. The van der Waals surface area contributed by atoms with Crippen LogP contribution in [-0.4, -0.2) is 13.6 Å². The van der Waals surface area contributed by atoms with Crippen LogP contribution in [0.3, 0.4) is 0 Å². The van der Waals surface area contributed by atoms with Gasteiger partial charge in [0.2, 0.25) is 0 Å². The Bertz CT molecular complexity index is 21.0. The Morgan fingerprint density at radius 3 is 1.80 bits per heavy atom. The summed E-state index contributed by atoms with van der Waals surface area (Å²) < 4.78 is 0. The van der Waals surface area contributed by atoms with E-state index in [4.69, 9.17) is 10.1 Å². The number of hydrogen-bond donors (Lipinski definition) is 1. The largest absolute Gasteiger partial charge is 1.00 e. The van der Waals surface area contributed by atoms with Crippen LogP contribution in [0.5, 0.6) is 0 Å². The van der Waals surface area contributed by atoms with Gasteiger partial charge in [0, 0.05) is 8.41 Å². The fourth-order valence-electron chi connectivity index (χ4n) is 0. The Morgan fingerprint density at radius 1 is 1.80 bits per heavy atom. The van der Waals surface area contributed by atoms with E-state index in [0.717, 1.165) is 0 Å². The summed E-state index contributed by atoms with van der Waals surface area (Å²) in [6.45, 7) is 0. The van der Waals surface area contributed by atoms with Crippen molar-refractivity contribution in [3.8, 4) is 0 Å². The fourth-order valence-corrected chi connectivity index (χ4v) is 0. The average Bonchev–Trinajstić information content (AvgIpc) is 0.918. The van der Waals surface area contributed by atoms with Crippen molar-refractivity contribution < 1.29 is 25.5 Å². The molecule has 0 atom stereocenters. The Labute approximate surface area is 44.9 Å². The third-order valence-electron chi connectivity index (χ3n) is 0. The van der Waals surface area contributed by atoms with Crippen LogP contribution in [0.2, 0.25) is 0 Å². The fraction of sp³-hybridized carbons (Fsp3) is 0. The Hall–Kier alpha value is 0.0623. The van der Waals surface area contributed by atoms with Crippen LogP contribution in [-0.2, 0) is 0 Å². The molecule has 1 N–H and O–H groups in total. The molecular formula is H2BLiNO2. The summed E-state index contributed by atoms with van der Waals surface area (Å²) in [5.41, 5.74) is 0. The molecule has 0 aliphatic heterocycles. The first-order chi connectivity index (χ1) is 1.41. The van der Waals surface area contributed by atoms with E-state index in [2.05, 4.69) is 0 Å². The van der Waals surface area contributed by atoms with Crippen molar-refractivity contribution in [2.24, 2.45) is 5.34 Å². The second-order valence-corrected chi connectivity index (χ2v) is 0.0816. The van der Waals surface area contributed by atoms with Crippen LogP contribution in [0.4, 0.5) is 0 Å². The zero-order valence-electron chi connectivity index (χ0n) is 3.88. The van der Waals surface area contributed by atoms with E-state index in [-0.39, 0.29) is 28.7 Å². The van der Waals surface area contributed by atoms with Crippen molar-refractivity contribution in [3.63, 3.8) is 0 Å². The molecule has 0 fully saturated rings. The van der Waals surface area contributed by atoms with Gasteiger partial charge in [0.25, 0.3) is 0 Å². The maximum Gasteiger partial charge on any atom is 1.00 e. The molecule has 0 saturated carbocycles. The summed E-state index contributed by atoms with van der Waals surface area (Å²) in [5.74, 6) is 0. The van der Waals surface area contributed by atoms with E-state index in [1.807, 2.05) is 0 Å². The van der Waals surface area contributed by atoms with Gasteiger partial charge in [0.1, 0.15) is 0 Å². The van der Waals surface area contributed by atoms with Crippen molar-refractivity contribution in [2.75, 3.05) is 0 Å². The summed E-state index contributed by atoms with van der Waals surface area (Å²) in [7, 11) is 0. The van der Waals surface area contributed by atoms with E-state index >= 15 is 0 Å². The quantitative estimate of drug-likeness (QED) is 0.185. The molecule has 0 amide bonds. The minimum atomic E-state index is 0. The minimum Gasteiger partial charge on any atom is -1.00 e. The molecule has 0 unspecified atom stereocenters. The second kappa shape index (κ2) is 33.8. The summed E-state index contributed by atoms with van der Waals surface area (Å²) >= 11 is 0. The van der Waals surface area contributed by atoms with E-state index in [1.165, 1.54) is 5.34 Å². The first-order valence-corrected chi connectivity index (χ1v) is 0.383. The number of hydrogen-bond acceptors (Lipinski definition) is 2. The van der Waals surface area contributed by atoms with Gasteiger partial charge in [-0.1, -0.05) is 0 Å². The zero-order valence-corrected chi connectivity index (χ0v) is 2.88. The van der Waals surface area contributed by atoms with Gasteiger partial charge in [-0.15, -0.1) is 4.91 Å². The molecule has 0 aromatic carbocycles. The summed E-state index contributed by atoms with van der Waals surface area (Å²) in [5, 5.41) is 7.89. The molecule has 3 nitrogen and oxygen atoms in total. The van der Waals surface area contributed by atoms with Gasteiger partial charge in [-0.25, -0.2) is 0 Å². The maximum atomic E-state index is 8.11. The number of nitrogens with zero attached hydrogens (tertiary/aromatic N) is 1. The van der Waals surface area contributed by atoms with Gasteiger partial charge in [-0.05, 0) is 0 Å². The van der Waals surface area contributed by atoms with Crippen molar-refractivity contribution >= 4 is 8.41 Å². The summed E-state index contributed by atoms with van der Waals surface area (Å²) in [6.07, 6.45) is 0. The molecule has 5 heavy (non-hydrogen) atoms. The molecule has 0 aliphatic rings. The molecule has 3 radical (unpaired) electrons. The SMILES string of the molecule is O=NO.[B].[H-].[Li+]. The van der Waals surface area contributed by atoms with Crippen LogP contribution in [0.25, 0.3) is 0 Å². The van der Waals surface area contributed by atoms with Crippen molar-refractivity contribution in [1.82, 2.24) is 0 Å². The topological polar surface area (TPSA) is 49.7 Å². The normalized spacial score (nSPS) is 2.40. The van der Waals surface area contributed by atoms with E-state index in [0.29, 0.717) is 0 Å². The summed E-state index contributed by atoms with van der Waals surface area (Å²) in [6, 6.07) is 0. The maximum absolute atomic E-state index is 8.11. The molecule has 0 aromatic rings. The van der Waals surface area contributed by atoms with Crippen molar-refractivity contribution in [2.45, 2.75) is 0 Å². The second-order valence-electron chi connectivity index (χ2n) is 0.0816. The van der Waals surface area contributed by atoms with E-state index in [9.17, 15) is 0 Å². The first-order valence-electron chi connectivity index (χ1n) is 0.383. The molecule has 0 saturated heterocycles. The van der Waals surface area contributed by atoms with Crippen molar-refractivity contribution in [1.29, 1.82) is 0 Å². The molecular weight excluding hydrogens is 63.8 g/mol. The van der Waals surface area contributed by atoms with Gasteiger partial charge in [-0.3, -0.25) is 0 Å². The van der Waals surface area contributed by atoms with Gasteiger partial charge in [-0.2, -0.15) is 0 Å². The Kier molecular flexibility index (Phi) is 133. The standard InChI is InChI=1S/B.Li.HNO2.H/c;;2-1-3;/h;;(H,2,3);/q;+1;;-1. The number of rotatable bonds is 0. The van der Waals surface area contributed by atoms with Gasteiger partial charge >= 0.3 is 18.9 Å². The average molecular weight is 65.8 g/mol. The first kappa shape index (κ1) is 19.6. The molecule has 0 bridgehead atoms. The molecule has 0 aromatic heterocycles. The predicted molar refractivity (Wildman–Crippen MR) is 14.4 cm³/mol. The Morgan fingerprint density at radius 2 is 1.80 bits per heavy atom. The van der Waals surface area contributed by atoms with Crippen LogP contribution in [0, 0.1) is 4.91 Å². The van der Waals surface area contributed by atoms with Gasteiger partial charge < -0.3 is 6.63 Å². The minimum absolute atomic E-state index is 0. The van der Waals surface area contributed by atoms with E-state index in [1.54, 1.807) is 0 Å². The van der Waals surface area contributed by atoms with E-state index < -0.39 is 0 Å². The zero-order chi connectivity index (χ0) is 2.71. The third kappa shape index (κ3) is 4450. The van der Waals surface area contributed by atoms with Crippen LogP contribution in [0.1, 0.15) is 1.43 Å².